The Labute approximate surface area is 89.9 Å². The van der Waals surface area contributed by atoms with Crippen molar-refractivity contribution in [3.8, 4) is 6.07 Å². The maximum absolute atomic E-state index is 8.81. The second-order valence-corrected chi connectivity index (χ2v) is 4.07. The second kappa shape index (κ2) is 4.22. The molecule has 1 aromatic carbocycles. The van der Waals surface area contributed by atoms with Gasteiger partial charge in [0.15, 0.2) is 0 Å². The van der Waals surface area contributed by atoms with Crippen LogP contribution in [0.15, 0.2) is 18.2 Å². The predicted molar refractivity (Wildman–Crippen MR) is 61.4 cm³/mol. The number of nitriles is 1. The van der Waals surface area contributed by atoms with Crippen LogP contribution in [-0.2, 0) is 0 Å². The third-order valence-corrected chi connectivity index (χ3v) is 2.75. The van der Waals surface area contributed by atoms with Crippen molar-refractivity contribution in [2.75, 3.05) is 17.6 Å². The summed E-state index contributed by atoms with van der Waals surface area (Å²) in [7, 11) is 0. The smallest absolute Gasteiger partial charge is 0.101 e. The minimum atomic E-state index is 0.547. The molecule has 0 bridgehead atoms. The van der Waals surface area contributed by atoms with Gasteiger partial charge in [0.05, 0.1) is 5.56 Å². The van der Waals surface area contributed by atoms with Crippen LogP contribution >= 0.6 is 0 Å². The van der Waals surface area contributed by atoms with E-state index in [0.29, 0.717) is 11.3 Å². The average molecular weight is 201 g/mol. The fourth-order valence-electron chi connectivity index (χ4n) is 1.59. The van der Waals surface area contributed by atoms with E-state index in [0.717, 1.165) is 18.2 Å². The number of rotatable bonds is 4. The van der Waals surface area contributed by atoms with Crippen molar-refractivity contribution >= 4 is 11.4 Å². The topological polar surface area (TPSA) is 61.8 Å². The molecule has 0 radical (unpaired) electrons. The Bertz CT molecular complexity index is 388. The molecule has 3 heteroatoms. The van der Waals surface area contributed by atoms with Gasteiger partial charge in [-0.05, 0) is 30.5 Å². The first kappa shape index (κ1) is 9.85. The Hall–Kier alpha value is -1.69. The summed E-state index contributed by atoms with van der Waals surface area (Å²) in [6.07, 6.45) is 3.99. The van der Waals surface area contributed by atoms with Gasteiger partial charge < -0.3 is 11.1 Å². The Balaban J connectivity index is 1.92. The molecule has 15 heavy (non-hydrogen) atoms. The van der Waals surface area contributed by atoms with Crippen molar-refractivity contribution in [3.63, 3.8) is 0 Å². The fraction of sp³-hybridized carbons (Fsp3) is 0.417. The highest BCUT2D eigenvalue weighted by Crippen LogP contribution is 2.32. The molecule has 1 saturated carbocycles. The molecule has 0 amide bonds. The molecule has 1 aliphatic carbocycles. The molecule has 3 nitrogen and oxygen atoms in total. The first-order valence-corrected chi connectivity index (χ1v) is 5.33. The highest BCUT2D eigenvalue weighted by Gasteiger charge is 2.20. The zero-order chi connectivity index (χ0) is 10.7. The average Bonchev–Trinajstić information content (AvgIpc) is 3.04. The van der Waals surface area contributed by atoms with Gasteiger partial charge in [-0.1, -0.05) is 12.8 Å². The Morgan fingerprint density at radius 1 is 1.47 bits per heavy atom. The van der Waals surface area contributed by atoms with E-state index in [2.05, 4.69) is 11.4 Å². The van der Waals surface area contributed by atoms with Crippen LogP contribution in [0, 0.1) is 17.2 Å². The minimum absolute atomic E-state index is 0.547. The summed E-state index contributed by atoms with van der Waals surface area (Å²) in [4.78, 5) is 0. The maximum Gasteiger partial charge on any atom is 0.101 e. The van der Waals surface area contributed by atoms with E-state index in [4.69, 9.17) is 11.0 Å². The van der Waals surface area contributed by atoms with Gasteiger partial charge in [0.25, 0.3) is 0 Å². The highest BCUT2D eigenvalue weighted by molar-refractivity contribution is 5.61. The van der Waals surface area contributed by atoms with Gasteiger partial charge in [0.1, 0.15) is 6.07 Å². The predicted octanol–water partition coefficient (Wildman–Crippen LogP) is 2.35. The summed E-state index contributed by atoms with van der Waals surface area (Å²) in [5, 5.41) is 12.1. The van der Waals surface area contributed by atoms with Gasteiger partial charge in [-0.2, -0.15) is 5.26 Å². The molecule has 0 aliphatic heterocycles. The zero-order valence-corrected chi connectivity index (χ0v) is 8.66. The molecule has 3 N–H and O–H groups in total. The van der Waals surface area contributed by atoms with Crippen LogP contribution in [0.3, 0.4) is 0 Å². The minimum Gasteiger partial charge on any atom is -0.398 e. The number of hydrogen-bond acceptors (Lipinski definition) is 3. The van der Waals surface area contributed by atoms with Crippen molar-refractivity contribution in [1.29, 1.82) is 5.26 Å². The number of nitrogen functional groups attached to an aromatic ring is 1. The first-order valence-electron chi connectivity index (χ1n) is 5.33. The van der Waals surface area contributed by atoms with Crippen LogP contribution in [0.5, 0.6) is 0 Å². The highest BCUT2D eigenvalue weighted by atomic mass is 14.9. The lowest BCUT2D eigenvalue weighted by molar-refractivity contribution is 0.760. The quantitative estimate of drug-likeness (QED) is 0.735. The Morgan fingerprint density at radius 3 is 2.93 bits per heavy atom. The standard InChI is InChI=1S/C12H15N3/c13-8-10-7-11(3-4-12(10)14)15-6-5-9-1-2-9/h3-4,7,9,15H,1-2,5-6,14H2. The monoisotopic (exact) mass is 201 g/mol. The molecule has 1 aliphatic rings. The largest absolute Gasteiger partial charge is 0.398 e. The van der Waals surface area contributed by atoms with Crippen LogP contribution in [-0.4, -0.2) is 6.54 Å². The van der Waals surface area contributed by atoms with Crippen LogP contribution in [0.2, 0.25) is 0 Å². The van der Waals surface area contributed by atoms with Crippen molar-refractivity contribution in [2.45, 2.75) is 19.3 Å². The lowest BCUT2D eigenvalue weighted by Crippen LogP contribution is -2.03. The second-order valence-electron chi connectivity index (χ2n) is 4.07. The van der Waals surface area contributed by atoms with Gasteiger partial charge in [0, 0.05) is 17.9 Å². The molecule has 2 rings (SSSR count). The van der Waals surface area contributed by atoms with Gasteiger partial charge >= 0.3 is 0 Å². The van der Waals surface area contributed by atoms with Crippen LogP contribution < -0.4 is 11.1 Å². The molecule has 1 fully saturated rings. The number of hydrogen-bond donors (Lipinski definition) is 2. The molecular formula is C12H15N3. The van der Waals surface area contributed by atoms with Crippen molar-refractivity contribution in [2.24, 2.45) is 5.92 Å². The van der Waals surface area contributed by atoms with Crippen LogP contribution in [0.25, 0.3) is 0 Å². The third-order valence-electron chi connectivity index (χ3n) is 2.75. The number of nitrogens with zero attached hydrogens (tertiary/aromatic N) is 1. The molecule has 0 saturated heterocycles. The zero-order valence-electron chi connectivity index (χ0n) is 8.66. The van der Waals surface area contributed by atoms with Gasteiger partial charge in [0.2, 0.25) is 0 Å². The maximum atomic E-state index is 8.81. The van der Waals surface area contributed by atoms with Crippen LogP contribution in [0.4, 0.5) is 11.4 Å². The summed E-state index contributed by atoms with van der Waals surface area (Å²) in [6.45, 7) is 0.986. The van der Waals surface area contributed by atoms with Crippen molar-refractivity contribution in [1.82, 2.24) is 0 Å². The summed E-state index contributed by atoms with van der Waals surface area (Å²) in [5.74, 6) is 0.932. The number of benzene rings is 1. The molecule has 0 unspecified atom stereocenters. The lowest BCUT2D eigenvalue weighted by Gasteiger charge is -2.06. The van der Waals surface area contributed by atoms with Gasteiger partial charge in [-0.25, -0.2) is 0 Å². The van der Waals surface area contributed by atoms with Gasteiger partial charge in [-0.3, -0.25) is 0 Å². The van der Waals surface area contributed by atoms with Crippen LogP contribution in [0.1, 0.15) is 24.8 Å². The van der Waals surface area contributed by atoms with E-state index < -0.39 is 0 Å². The van der Waals surface area contributed by atoms with E-state index >= 15 is 0 Å². The first-order chi connectivity index (χ1) is 7.29. The molecule has 0 heterocycles. The van der Waals surface area contributed by atoms with Crippen molar-refractivity contribution in [3.05, 3.63) is 23.8 Å². The Morgan fingerprint density at radius 2 is 2.27 bits per heavy atom. The Kier molecular flexibility index (Phi) is 2.77. The SMILES string of the molecule is N#Cc1cc(NCCC2CC2)ccc1N. The van der Waals surface area contributed by atoms with Crippen molar-refractivity contribution < 1.29 is 0 Å². The normalized spacial score (nSPS) is 14.6. The molecule has 78 valence electrons. The summed E-state index contributed by atoms with van der Waals surface area (Å²) in [5.41, 5.74) is 7.72. The number of anilines is 2. The third kappa shape index (κ3) is 2.63. The fourth-order valence-corrected chi connectivity index (χ4v) is 1.59. The number of nitrogens with two attached hydrogens (primary N) is 1. The van der Waals surface area contributed by atoms with E-state index in [9.17, 15) is 0 Å². The van der Waals surface area contributed by atoms with E-state index in [-0.39, 0.29) is 0 Å². The summed E-state index contributed by atoms with van der Waals surface area (Å²) in [6, 6.07) is 7.59. The summed E-state index contributed by atoms with van der Waals surface area (Å²) >= 11 is 0. The number of nitrogens with one attached hydrogen (secondary N) is 1. The lowest BCUT2D eigenvalue weighted by atomic mass is 10.1. The van der Waals surface area contributed by atoms with Gasteiger partial charge in [-0.15, -0.1) is 0 Å². The molecular weight excluding hydrogens is 186 g/mol. The summed E-state index contributed by atoms with van der Waals surface area (Å²) < 4.78 is 0. The molecule has 0 atom stereocenters. The van der Waals surface area contributed by atoms with E-state index in [1.807, 2.05) is 12.1 Å². The molecule has 0 aromatic heterocycles. The van der Waals surface area contributed by atoms with E-state index in [1.54, 1.807) is 6.07 Å². The molecule has 1 aromatic rings. The molecule has 0 spiro atoms. The van der Waals surface area contributed by atoms with E-state index in [1.165, 1.54) is 19.3 Å².